The van der Waals surface area contributed by atoms with Crippen LogP contribution in [0.4, 0.5) is 5.69 Å². The second-order valence-electron chi connectivity index (χ2n) is 5.62. The van der Waals surface area contributed by atoms with E-state index in [1.807, 2.05) is 12.1 Å². The molecular formula is C20H14Cl2N2O2S. The SMILES string of the molecule is O=C(/C=C/c1ccc(Cl)cc1Cl)NC(=S)Nc1cccc2c(O)cccc12. The number of fused-ring (bicyclic) bond motifs is 1. The summed E-state index contributed by atoms with van der Waals surface area (Å²) in [5, 5.41) is 18.1. The lowest BCUT2D eigenvalue weighted by molar-refractivity contribution is -0.115. The Bertz CT molecular complexity index is 1070. The molecule has 0 aromatic heterocycles. The molecule has 0 aliphatic rings. The van der Waals surface area contributed by atoms with Crippen LogP contribution in [0.2, 0.25) is 10.0 Å². The Labute approximate surface area is 171 Å². The van der Waals surface area contributed by atoms with Gasteiger partial charge in [-0.3, -0.25) is 10.1 Å². The van der Waals surface area contributed by atoms with Crippen LogP contribution in [0.15, 0.2) is 60.7 Å². The summed E-state index contributed by atoms with van der Waals surface area (Å²) in [6, 6.07) is 15.6. The highest BCUT2D eigenvalue weighted by atomic mass is 35.5. The number of anilines is 1. The standard InChI is InChI=1S/C20H14Cl2N2O2S/c21-13-9-7-12(16(22)11-13)8-10-19(26)24-20(27)23-17-5-1-4-15-14(17)3-2-6-18(15)25/h1-11,25H,(H2,23,24,26,27)/b10-8+. The normalized spacial score (nSPS) is 10.9. The maximum absolute atomic E-state index is 12.1. The highest BCUT2D eigenvalue weighted by Crippen LogP contribution is 2.29. The van der Waals surface area contributed by atoms with Crippen molar-refractivity contribution in [1.82, 2.24) is 5.32 Å². The lowest BCUT2D eigenvalue weighted by atomic mass is 10.1. The molecule has 1 amide bonds. The van der Waals surface area contributed by atoms with Crippen LogP contribution in [-0.4, -0.2) is 16.1 Å². The van der Waals surface area contributed by atoms with Gasteiger partial charge in [0.25, 0.3) is 0 Å². The van der Waals surface area contributed by atoms with Crippen LogP contribution in [-0.2, 0) is 4.79 Å². The van der Waals surface area contributed by atoms with Gasteiger partial charge in [-0.2, -0.15) is 0 Å². The second kappa shape index (κ2) is 8.39. The van der Waals surface area contributed by atoms with Crippen molar-refractivity contribution in [1.29, 1.82) is 0 Å². The molecule has 3 aromatic rings. The molecule has 136 valence electrons. The summed E-state index contributed by atoms with van der Waals surface area (Å²) in [7, 11) is 0. The van der Waals surface area contributed by atoms with E-state index >= 15 is 0 Å². The molecule has 0 heterocycles. The molecular weight excluding hydrogens is 403 g/mol. The predicted octanol–water partition coefficient (Wildman–Crippen LogP) is 5.38. The van der Waals surface area contributed by atoms with Gasteiger partial charge >= 0.3 is 0 Å². The number of halogens is 2. The highest BCUT2D eigenvalue weighted by molar-refractivity contribution is 7.80. The van der Waals surface area contributed by atoms with Gasteiger partial charge in [0.2, 0.25) is 5.91 Å². The Morgan fingerprint density at radius 2 is 1.78 bits per heavy atom. The predicted molar refractivity (Wildman–Crippen MR) is 115 cm³/mol. The summed E-state index contributed by atoms with van der Waals surface area (Å²) in [5.41, 5.74) is 1.35. The average molecular weight is 417 g/mol. The van der Waals surface area contributed by atoms with Crippen LogP contribution in [0.1, 0.15) is 5.56 Å². The molecule has 0 unspecified atom stereocenters. The van der Waals surface area contributed by atoms with Crippen LogP contribution in [0.5, 0.6) is 5.75 Å². The van der Waals surface area contributed by atoms with Crippen LogP contribution < -0.4 is 10.6 Å². The van der Waals surface area contributed by atoms with Crippen molar-refractivity contribution < 1.29 is 9.90 Å². The van der Waals surface area contributed by atoms with Crippen molar-refractivity contribution in [2.45, 2.75) is 0 Å². The minimum atomic E-state index is -0.401. The molecule has 3 rings (SSSR count). The minimum absolute atomic E-state index is 0.141. The summed E-state index contributed by atoms with van der Waals surface area (Å²) in [6.07, 6.45) is 2.91. The summed E-state index contributed by atoms with van der Waals surface area (Å²) >= 11 is 17.1. The number of rotatable bonds is 3. The number of phenolic OH excluding ortho intramolecular Hbond substituents is 1. The van der Waals surface area contributed by atoms with Crippen molar-refractivity contribution in [2.24, 2.45) is 0 Å². The van der Waals surface area contributed by atoms with E-state index in [0.29, 0.717) is 26.7 Å². The Morgan fingerprint density at radius 3 is 2.56 bits per heavy atom. The molecule has 0 aliphatic carbocycles. The number of carbonyl (C=O) groups excluding carboxylic acids is 1. The fourth-order valence-corrected chi connectivity index (χ4v) is 3.19. The minimum Gasteiger partial charge on any atom is -0.507 e. The van der Waals surface area contributed by atoms with Gasteiger partial charge < -0.3 is 10.4 Å². The summed E-state index contributed by atoms with van der Waals surface area (Å²) in [5.74, 6) is -0.226. The quantitative estimate of drug-likeness (QED) is 0.396. The van der Waals surface area contributed by atoms with Crippen LogP contribution >= 0.6 is 35.4 Å². The first-order valence-corrected chi connectivity index (χ1v) is 9.06. The Hall–Kier alpha value is -2.60. The number of nitrogens with one attached hydrogen (secondary N) is 2. The number of phenols is 1. The number of amides is 1. The zero-order chi connectivity index (χ0) is 19.4. The third-order valence-corrected chi connectivity index (χ3v) is 4.53. The maximum Gasteiger partial charge on any atom is 0.250 e. The number of hydrogen-bond acceptors (Lipinski definition) is 3. The number of aromatic hydroxyl groups is 1. The fraction of sp³-hybridized carbons (Fsp3) is 0. The maximum atomic E-state index is 12.1. The number of carbonyl (C=O) groups is 1. The summed E-state index contributed by atoms with van der Waals surface area (Å²) < 4.78 is 0. The van der Waals surface area contributed by atoms with Gasteiger partial charge in [-0.1, -0.05) is 53.5 Å². The number of thiocarbonyl (C=S) groups is 1. The molecule has 0 fully saturated rings. The molecule has 0 aliphatic heterocycles. The van der Waals surface area contributed by atoms with Crippen molar-refractivity contribution in [3.63, 3.8) is 0 Å². The van der Waals surface area contributed by atoms with Crippen molar-refractivity contribution in [2.75, 3.05) is 5.32 Å². The highest BCUT2D eigenvalue weighted by Gasteiger charge is 2.07. The zero-order valence-corrected chi connectivity index (χ0v) is 16.2. The van der Waals surface area contributed by atoms with E-state index in [0.717, 1.165) is 5.39 Å². The van der Waals surface area contributed by atoms with Gasteiger partial charge in [0.05, 0.1) is 0 Å². The first kappa shape index (κ1) is 19.2. The third-order valence-electron chi connectivity index (χ3n) is 3.76. The van der Waals surface area contributed by atoms with Crippen LogP contribution in [0, 0.1) is 0 Å². The molecule has 3 N–H and O–H groups in total. The first-order chi connectivity index (χ1) is 12.9. The van der Waals surface area contributed by atoms with Gasteiger partial charge in [0, 0.05) is 32.6 Å². The van der Waals surface area contributed by atoms with Crippen LogP contribution in [0.3, 0.4) is 0 Å². The molecule has 0 saturated carbocycles. The Balaban J connectivity index is 1.68. The van der Waals surface area contributed by atoms with Gasteiger partial charge in [-0.05, 0) is 48.1 Å². The lowest BCUT2D eigenvalue weighted by Gasteiger charge is -2.11. The molecule has 27 heavy (non-hydrogen) atoms. The van der Waals surface area contributed by atoms with Gasteiger partial charge in [-0.25, -0.2) is 0 Å². The topological polar surface area (TPSA) is 61.4 Å². The molecule has 3 aromatic carbocycles. The average Bonchev–Trinajstić information content (AvgIpc) is 2.62. The molecule has 7 heteroatoms. The van der Waals surface area contributed by atoms with Crippen LogP contribution in [0.25, 0.3) is 16.8 Å². The van der Waals surface area contributed by atoms with E-state index in [4.69, 9.17) is 35.4 Å². The number of hydrogen-bond donors (Lipinski definition) is 3. The summed E-state index contributed by atoms with van der Waals surface area (Å²) in [4.78, 5) is 12.1. The fourth-order valence-electron chi connectivity index (χ4n) is 2.51. The lowest BCUT2D eigenvalue weighted by Crippen LogP contribution is -2.32. The van der Waals surface area contributed by atoms with E-state index in [1.165, 1.54) is 6.08 Å². The Kier molecular flexibility index (Phi) is 5.96. The molecule has 0 spiro atoms. The summed E-state index contributed by atoms with van der Waals surface area (Å²) in [6.45, 7) is 0. The number of benzene rings is 3. The smallest absolute Gasteiger partial charge is 0.250 e. The van der Waals surface area contributed by atoms with Gasteiger partial charge in [-0.15, -0.1) is 0 Å². The first-order valence-electron chi connectivity index (χ1n) is 7.90. The molecule has 0 radical (unpaired) electrons. The zero-order valence-electron chi connectivity index (χ0n) is 13.9. The van der Waals surface area contributed by atoms with E-state index in [9.17, 15) is 9.90 Å². The van der Waals surface area contributed by atoms with E-state index in [1.54, 1.807) is 48.5 Å². The van der Waals surface area contributed by atoms with Crippen molar-refractivity contribution in [3.8, 4) is 5.75 Å². The molecule has 0 bridgehead atoms. The van der Waals surface area contributed by atoms with E-state index < -0.39 is 5.91 Å². The van der Waals surface area contributed by atoms with E-state index in [2.05, 4.69) is 10.6 Å². The monoisotopic (exact) mass is 416 g/mol. The molecule has 0 atom stereocenters. The van der Waals surface area contributed by atoms with Crippen molar-refractivity contribution in [3.05, 3.63) is 76.3 Å². The van der Waals surface area contributed by atoms with E-state index in [-0.39, 0.29) is 10.9 Å². The van der Waals surface area contributed by atoms with Crippen molar-refractivity contribution >= 4 is 69.0 Å². The molecule has 4 nitrogen and oxygen atoms in total. The van der Waals surface area contributed by atoms with Gasteiger partial charge in [0.15, 0.2) is 5.11 Å². The second-order valence-corrected chi connectivity index (χ2v) is 6.87. The third kappa shape index (κ3) is 4.77. The Morgan fingerprint density at radius 1 is 1.04 bits per heavy atom. The largest absolute Gasteiger partial charge is 0.507 e. The molecule has 0 saturated heterocycles. The van der Waals surface area contributed by atoms with Gasteiger partial charge in [0.1, 0.15) is 5.75 Å².